The lowest BCUT2D eigenvalue weighted by molar-refractivity contribution is 0.170. The van der Waals surface area contributed by atoms with Gasteiger partial charge in [0.1, 0.15) is 5.75 Å². The van der Waals surface area contributed by atoms with Crippen molar-refractivity contribution in [1.29, 1.82) is 0 Å². The highest BCUT2D eigenvalue weighted by Gasteiger charge is 2.19. The number of likely N-dealkylation sites (N-methyl/N-ethyl adjacent to an activating group) is 1. The summed E-state index contributed by atoms with van der Waals surface area (Å²) in [6, 6.07) is 4.27. The molecule has 1 aromatic carbocycles. The van der Waals surface area contributed by atoms with E-state index in [1.54, 1.807) is 7.11 Å². The Balaban J connectivity index is 3.32. The molecule has 3 nitrogen and oxygen atoms in total. The summed E-state index contributed by atoms with van der Waals surface area (Å²) in [5.41, 5.74) is 3.52. The maximum Gasteiger partial charge on any atom is 0.122 e. The van der Waals surface area contributed by atoms with E-state index < -0.39 is 0 Å². The molecule has 3 heteroatoms. The molecule has 0 fully saturated rings. The van der Waals surface area contributed by atoms with Crippen molar-refractivity contribution in [1.82, 2.24) is 4.90 Å². The molecule has 0 radical (unpaired) electrons. The van der Waals surface area contributed by atoms with Crippen LogP contribution in [0.3, 0.4) is 0 Å². The van der Waals surface area contributed by atoms with Gasteiger partial charge in [-0.25, -0.2) is 0 Å². The molecule has 1 N–H and O–H groups in total. The Labute approximate surface area is 110 Å². The van der Waals surface area contributed by atoms with Gasteiger partial charge >= 0.3 is 0 Å². The van der Waals surface area contributed by atoms with Crippen LogP contribution >= 0.6 is 0 Å². The van der Waals surface area contributed by atoms with Crippen LogP contribution in [0, 0.1) is 6.92 Å². The molecule has 0 saturated heterocycles. The minimum absolute atomic E-state index is 0.0356. The van der Waals surface area contributed by atoms with Gasteiger partial charge in [0.25, 0.3) is 0 Å². The van der Waals surface area contributed by atoms with Crippen LogP contribution in [0.4, 0.5) is 0 Å². The molecule has 1 rings (SSSR count). The van der Waals surface area contributed by atoms with Crippen molar-refractivity contribution >= 4 is 0 Å². The lowest BCUT2D eigenvalue weighted by atomic mass is 9.93. The van der Waals surface area contributed by atoms with Crippen molar-refractivity contribution in [3.8, 4) is 5.75 Å². The van der Waals surface area contributed by atoms with Crippen molar-refractivity contribution in [2.75, 3.05) is 27.8 Å². The lowest BCUT2D eigenvalue weighted by Gasteiger charge is -2.26. The Hall–Kier alpha value is -1.06. The topological polar surface area (TPSA) is 32.7 Å². The van der Waals surface area contributed by atoms with E-state index in [1.807, 2.05) is 19.0 Å². The van der Waals surface area contributed by atoms with Crippen LogP contribution in [0.1, 0.15) is 42.5 Å². The maximum atomic E-state index is 9.56. The van der Waals surface area contributed by atoms with E-state index in [2.05, 4.69) is 32.9 Å². The number of hydrogen-bond acceptors (Lipinski definition) is 3. The van der Waals surface area contributed by atoms with Crippen LogP contribution in [0.25, 0.3) is 0 Å². The first-order valence-corrected chi connectivity index (χ1v) is 6.38. The molecule has 0 bridgehead atoms. The number of ether oxygens (including phenoxy) is 1. The van der Waals surface area contributed by atoms with Gasteiger partial charge in [0.2, 0.25) is 0 Å². The zero-order valence-corrected chi connectivity index (χ0v) is 12.3. The summed E-state index contributed by atoms with van der Waals surface area (Å²) in [7, 11) is 5.68. The summed E-state index contributed by atoms with van der Waals surface area (Å²) in [5, 5.41) is 9.56. The zero-order valence-electron chi connectivity index (χ0n) is 12.3. The summed E-state index contributed by atoms with van der Waals surface area (Å²) in [4.78, 5) is 2.04. The molecular formula is C15H25NO2. The quantitative estimate of drug-likeness (QED) is 0.873. The van der Waals surface area contributed by atoms with E-state index in [9.17, 15) is 5.11 Å². The molecule has 0 amide bonds. The van der Waals surface area contributed by atoms with Crippen LogP contribution < -0.4 is 4.74 Å². The van der Waals surface area contributed by atoms with Gasteiger partial charge in [-0.3, -0.25) is 0 Å². The SMILES string of the molecule is COc1cc(C)c(C(CO)N(C)C)cc1C(C)C. The summed E-state index contributed by atoms with van der Waals surface area (Å²) >= 11 is 0. The molecule has 1 unspecified atom stereocenters. The van der Waals surface area contributed by atoms with Gasteiger partial charge < -0.3 is 14.7 Å². The van der Waals surface area contributed by atoms with E-state index >= 15 is 0 Å². The van der Waals surface area contributed by atoms with Crippen LogP contribution in [-0.4, -0.2) is 37.8 Å². The molecule has 18 heavy (non-hydrogen) atoms. The predicted molar refractivity (Wildman–Crippen MR) is 75.3 cm³/mol. The molecule has 0 aliphatic heterocycles. The van der Waals surface area contributed by atoms with Crippen LogP contribution in [0.5, 0.6) is 5.75 Å². The molecule has 1 atom stereocenters. The second kappa shape index (κ2) is 6.21. The highest BCUT2D eigenvalue weighted by Crippen LogP contribution is 2.33. The molecule has 0 heterocycles. The number of aliphatic hydroxyl groups is 1. The fourth-order valence-corrected chi connectivity index (χ4v) is 2.24. The molecule has 0 aliphatic rings. The fourth-order valence-electron chi connectivity index (χ4n) is 2.24. The average Bonchev–Trinajstić information content (AvgIpc) is 2.30. The highest BCUT2D eigenvalue weighted by molar-refractivity contribution is 5.45. The second-order valence-electron chi connectivity index (χ2n) is 5.27. The van der Waals surface area contributed by atoms with E-state index in [0.29, 0.717) is 5.92 Å². The summed E-state index contributed by atoms with van der Waals surface area (Å²) in [6.45, 7) is 6.49. The summed E-state index contributed by atoms with van der Waals surface area (Å²) in [5.74, 6) is 1.34. The third kappa shape index (κ3) is 3.03. The van der Waals surface area contributed by atoms with E-state index in [-0.39, 0.29) is 12.6 Å². The van der Waals surface area contributed by atoms with Crippen LogP contribution in [0.2, 0.25) is 0 Å². The predicted octanol–water partition coefficient (Wildman–Crippen LogP) is 2.72. The molecule has 0 aromatic heterocycles. The molecule has 0 spiro atoms. The van der Waals surface area contributed by atoms with Gasteiger partial charge in [-0.2, -0.15) is 0 Å². The van der Waals surface area contributed by atoms with E-state index in [4.69, 9.17) is 4.74 Å². The number of rotatable bonds is 5. The number of methoxy groups -OCH3 is 1. The van der Waals surface area contributed by atoms with E-state index in [1.165, 1.54) is 11.1 Å². The number of aliphatic hydroxyl groups excluding tert-OH is 1. The monoisotopic (exact) mass is 251 g/mol. The summed E-state index contributed by atoms with van der Waals surface area (Å²) in [6.07, 6.45) is 0. The van der Waals surface area contributed by atoms with Gasteiger partial charge in [0.05, 0.1) is 19.8 Å². The molecule has 1 aromatic rings. The maximum absolute atomic E-state index is 9.56. The Morgan fingerprint density at radius 2 is 1.83 bits per heavy atom. The second-order valence-corrected chi connectivity index (χ2v) is 5.27. The fraction of sp³-hybridized carbons (Fsp3) is 0.600. The minimum Gasteiger partial charge on any atom is -0.496 e. The van der Waals surface area contributed by atoms with Gasteiger partial charge in [0.15, 0.2) is 0 Å². The standard InChI is InChI=1S/C15H25NO2/c1-10(2)12-8-13(14(9-17)16(4)5)11(3)7-15(12)18-6/h7-8,10,14,17H,9H2,1-6H3. The number of nitrogens with zero attached hydrogens (tertiary/aromatic N) is 1. The first kappa shape index (κ1) is 15.0. The lowest BCUT2D eigenvalue weighted by Crippen LogP contribution is -2.24. The molecular weight excluding hydrogens is 226 g/mol. The molecule has 0 aliphatic carbocycles. The van der Waals surface area contributed by atoms with E-state index in [0.717, 1.165) is 11.3 Å². The Morgan fingerprint density at radius 3 is 2.22 bits per heavy atom. The smallest absolute Gasteiger partial charge is 0.122 e. The minimum atomic E-state index is 0.0356. The van der Waals surface area contributed by atoms with Gasteiger partial charge in [-0.1, -0.05) is 13.8 Å². The third-order valence-corrected chi connectivity index (χ3v) is 3.40. The average molecular weight is 251 g/mol. The van der Waals surface area contributed by atoms with Crippen molar-refractivity contribution in [2.24, 2.45) is 0 Å². The Kier molecular flexibility index (Phi) is 5.17. The van der Waals surface area contributed by atoms with Crippen LogP contribution in [-0.2, 0) is 0 Å². The molecule has 102 valence electrons. The molecule has 0 saturated carbocycles. The largest absolute Gasteiger partial charge is 0.496 e. The number of hydrogen-bond donors (Lipinski definition) is 1. The summed E-state index contributed by atoms with van der Waals surface area (Å²) < 4.78 is 5.44. The third-order valence-electron chi connectivity index (χ3n) is 3.40. The van der Waals surface area contributed by atoms with Crippen LogP contribution in [0.15, 0.2) is 12.1 Å². The van der Waals surface area contributed by atoms with Crippen molar-refractivity contribution in [3.63, 3.8) is 0 Å². The van der Waals surface area contributed by atoms with Crippen molar-refractivity contribution in [2.45, 2.75) is 32.7 Å². The van der Waals surface area contributed by atoms with Gasteiger partial charge in [-0.05, 0) is 55.8 Å². The Morgan fingerprint density at radius 1 is 1.22 bits per heavy atom. The first-order chi connectivity index (χ1) is 8.42. The highest BCUT2D eigenvalue weighted by atomic mass is 16.5. The normalized spacial score (nSPS) is 13.2. The zero-order chi connectivity index (χ0) is 13.9. The Bertz CT molecular complexity index is 400. The van der Waals surface area contributed by atoms with Crippen molar-refractivity contribution < 1.29 is 9.84 Å². The first-order valence-electron chi connectivity index (χ1n) is 6.38. The van der Waals surface area contributed by atoms with Gasteiger partial charge in [-0.15, -0.1) is 0 Å². The number of aryl methyl sites for hydroxylation is 1. The van der Waals surface area contributed by atoms with Crippen molar-refractivity contribution in [3.05, 3.63) is 28.8 Å². The number of benzene rings is 1. The van der Waals surface area contributed by atoms with Gasteiger partial charge in [0, 0.05) is 0 Å².